The standard InChI is InChI=1S/C11H13F2NO3S/c12-11(13)18-6-8-1-2-9(17-8)10(16)14-3-7(4-14)5-15/h1-2,7,11,15H,3-6H2. The number of amides is 1. The van der Waals surface area contributed by atoms with E-state index in [2.05, 4.69) is 0 Å². The van der Waals surface area contributed by atoms with Crippen LogP contribution in [-0.2, 0) is 5.75 Å². The number of alkyl halides is 2. The average Bonchev–Trinajstić information content (AvgIpc) is 2.73. The quantitative estimate of drug-likeness (QED) is 0.891. The molecule has 100 valence electrons. The third-order valence-corrected chi connectivity index (χ3v) is 3.43. The number of thioether (sulfide) groups is 1. The fourth-order valence-electron chi connectivity index (χ4n) is 1.72. The Balaban J connectivity index is 1.88. The fourth-order valence-corrected chi connectivity index (χ4v) is 2.17. The molecule has 2 heterocycles. The van der Waals surface area contributed by atoms with E-state index in [1.165, 1.54) is 12.1 Å². The molecule has 1 aromatic rings. The number of nitrogens with zero attached hydrogens (tertiary/aromatic N) is 1. The Hall–Kier alpha value is -1.08. The molecule has 0 aromatic carbocycles. The van der Waals surface area contributed by atoms with Crippen molar-refractivity contribution in [2.24, 2.45) is 5.92 Å². The third kappa shape index (κ3) is 3.02. The van der Waals surface area contributed by atoms with Crippen molar-refractivity contribution in [3.63, 3.8) is 0 Å². The molecule has 1 aliphatic rings. The second-order valence-corrected chi connectivity index (χ2v) is 5.07. The first-order valence-electron chi connectivity index (χ1n) is 5.48. The SMILES string of the molecule is O=C(c1ccc(CSC(F)F)o1)N1CC(CO)C1. The van der Waals surface area contributed by atoms with Crippen LogP contribution in [0.1, 0.15) is 16.3 Å². The summed E-state index contributed by atoms with van der Waals surface area (Å²) in [5.41, 5.74) is 0. The van der Waals surface area contributed by atoms with Crippen molar-refractivity contribution in [1.29, 1.82) is 0 Å². The van der Waals surface area contributed by atoms with E-state index in [0.717, 1.165) is 0 Å². The first kappa shape index (κ1) is 13.4. The van der Waals surface area contributed by atoms with Crippen LogP contribution in [0.4, 0.5) is 8.78 Å². The number of aliphatic hydroxyl groups excluding tert-OH is 1. The number of likely N-dealkylation sites (tertiary alicyclic amines) is 1. The molecule has 0 atom stereocenters. The molecule has 18 heavy (non-hydrogen) atoms. The molecule has 0 saturated carbocycles. The molecule has 0 bridgehead atoms. The van der Waals surface area contributed by atoms with Gasteiger partial charge in [-0.3, -0.25) is 4.79 Å². The molecule has 4 nitrogen and oxygen atoms in total. The van der Waals surface area contributed by atoms with Crippen molar-refractivity contribution >= 4 is 17.7 Å². The van der Waals surface area contributed by atoms with E-state index >= 15 is 0 Å². The van der Waals surface area contributed by atoms with Gasteiger partial charge in [-0.25, -0.2) is 0 Å². The largest absolute Gasteiger partial charge is 0.455 e. The van der Waals surface area contributed by atoms with Gasteiger partial charge in [0.25, 0.3) is 11.7 Å². The third-order valence-electron chi connectivity index (χ3n) is 2.73. The minimum absolute atomic E-state index is 0.0458. The van der Waals surface area contributed by atoms with Gasteiger partial charge in [0.2, 0.25) is 0 Å². The van der Waals surface area contributed by atoms with E-state index in [9.17, 15) is 13.6 Å². The highest BCUT2D eigenvalue weighted by Gasteiger charge is 2.31. The molecule has 1 N–H and O–H groups in total. The van der Waals surface area contributed by atoms with Crippen LogP contribution >= 0.6 is 11.8 Å². The zero-order valence-electron chi connectivity index (χ0n) is 9.51. The molecule has 0 radical (unpaired) electrons. The number of aliphatic hydroxyl groups is 1. The van der Waals surface area contributed by atoms with Crippen LogP contribution in [0.2, 0.25) is 0 Å². The highest BCUT2D eigenvalue weighted by Crippen LogP contribution is 2.23. The summed E-state index contributed by atoms with van der Waals surface area (Å²) in [6, 6.07) is 3.03. The number of hydrogen-bond acceptors (Lipinski definition) is 4. The average molecular weight is 277 g/mol. The van der Waals surface area contributed by atoms with E-state index < -0.39 is 5.76 Å². The van der Waals surface area contributed by atoms with Crippen LogP contribution in [-0.4, -0.2) is 41.4 Å². The van der Waals surface area contributed by atoms with Crippen molar-refractivity contribution in [3.8, 4) is 0 Å². The Bertz CT molecular complexity index is 418. The molecule has 7 heteroatoms. The summed E-state index contributed by atoms with van der Waals surface area (Å²) in [7, 11) is 0. The number of carbonyl (C=O) groups is 1. The monoisotopic (exact) mass is 277 g/mol. The van der Waals surface area contributed by atoms with Crippen LogP contribution in [0.5, 0.6) is 0 Å². The lowest BCUT2D eigenvalue weighted by Gasteiger charge is -2.37. The van der Waals surface area contributed by atoms with E-state index in [0.29, 0.717) is 30.6 Å². The van der Waals surface area contributed by atoms with E-state index in [4.69, 9.17) is 9.52 Å². The van der Waals surface area contributed by atoms with Crippen LogP contribution in [0, 0.1) is 5.92 Å². The van der Waals surface area contributed by atoms with Gasteiger partial charge in [-0.05, 0) is 12.1 Å². The smallest absolute Gasteiger partial charge is 0.289 e. The number of carbonyl (C=O) groups excluding carboxylic acids is 1. The summed E-state index contributed by atoms with van der Waals surface area (Å²) in [6.45, 7) is 1.09. The first-order valence-corrected chi connectivity index (χ1v) is 6.53. The molecule has 0 aliphatic carbocycles. The zero-order valence-corrected chi connectivity index (χ0v) is 10.3. The van der Waals surface area contributed by atoms with Gasteiger partial charge in [0.05, 0.1) is 5.75 Å². The number of rotatable bonds is 5. The molecule has 2 rings (SSSR count). The maximum Gasteiger partial charge on any atom is 0.289 e. The molecular weight excluding hydrogens is 264 g/mol. The summed E-state index contributed by atoms with van der Waals surface area (Å²) in [6.07, 6.45) is 0. The highest BCUT2D eigenvalue weighted by molar-refractivity contribution is 7.98. The van der Waals surface area contributed by atoms with Gasteiger partial charge in [-0.1, -0.05) is 11.8 Å². The van der Waals surface area contributed by atoms with E-state index in [1.807, 2.05) is 0 Å². The van der Waals surface area contributed by atoms with Gasteiger partial charge in [-0.15, -0.1) is 0 Å². The number of halogens is 2. The van der Waals surface area contributed by atoms with Gasteiger partial charge in [-0.2, -0.15) is 8.78 Å². The fraction of sp³-hybridized carbons (Fsp3) is 0.545. The highest BCUT2D eigenvalue weighted by atomic mass is 32.2. The topological polar surface area (TPSA) is 53.7 Å². The normalized spacial score (nSPS) is 16.1. The van der Waals surface area contributed by atoms with Crippen LogP contribution in [0.15, 0.2) is 16.5 Å². The molecule has 1 saturated heterocycles. The van der Waals surface area contributed by atoms with Crippen LogP contribution < -0.4 is 0 Å². The Labute approximate surface area is 107 Å². The summed E-state index contributed by atoms with van der Waals surface area (Å²) in [5, 5.41) is 8.85. The second kappa shape index (κ2) is 5.71. The van der Waals surface area contributed by atoms with E-state index in [1.54, 1.807) is 4.90 Å². The lowest BCUT2D eigenvalue weighted by atomic mass is 10.0. The summed E-state index contributed by atoms with van der Waals surface area (Å²) >= 11 is 0.457. The molecule has 1 fully saturated rings. The number of hydrogen-bond donors (Lipinski definition) is 1. The van der Waals surface area contributed by atoms with Crippen molar-refractivity contribution in [3.05, 3.63) is 23.7 Å². The minimum Gasteiger partial charge on any atom is -0.455 e. The van der Waals surface area contributed by atoms with E-state index in [-0.39, 0.29) is 29.9 Å². The van der Waals surface area contributed by atoms with Crippen LogP contribution in [0.3, 0.4) is 0 Å². The maximum atomic E-state index is 12.0. The van der Waals surface area contributed by atoms with Gasteiger partial charge in [0, 0.05) is 25.6 Å². The second-order valence-electron chi connectivity index (χ2n) is 4.10. The summed E-state index contributed by atoms with van der Waals surface area (Å²) < 4.78 is 29.2. The van der Waals surface area contributed by atoms with Gasteiger partial charge in [0.1, 0.15) is 5.76 Å². The maximum absolute atomic E-state index is 12.0. The molecule has 0 unspecified atom stereocenters. The zero-order chi connectivity index (χ0) is 13.1. The van der Waals surface area contributed by atoms with Crippen molar-refractivity contribution in [1.82, 2.24) is 4.90 Å². The summed E-state index contributed by atoms with van der Waals surface area (Å²) in [5.74, 6) is -2.00. The molecular formula is C11H13F2NO3S. The minimum atomic E-state index is -2.45. The Morgan fingerprint density at radius 1 is 1.56 bits per heavy atom. The van der Waals surface area contributed by atoms with Gasteiger partial charge >= 0.3 is 0 Å². The molecule has 1 aromatic heterocycles. The lowest BCUT2D eigenvalue weighted by molar-refractivity contribution is 0.0333. The lowest BCUT2D eigenvalue weighted by Crippen LogP contribution is -2.51. The van der Waals surface area contributed by atoms with Gasteiger partial charge in [0.15, 0.2) is 5.76 Å². The molecule has 0 spiro atoms. The van der Waals surface area contributed by atoms with Gasteiger partial charge < -0.3 is 14.4 Å². The Morgan fingerprint density at radius 2 is 2.28 bits per heavy atom. The van der Waals surface area contributed by atoms with Crippen molar-refractivity contribution in [2.75, 3.05) is 19.7 Å². The molecule has 1 aliphatic heterocycles. The Morgan fingerprint density at radius 3 is 2.89 bits per heavy atom. The first-order chi connectivity index (χ1) is 8.60. The van der Waals surface area contributed by atoms with Crippen molar-refractivity contribution < 1.29 is 23.1 Å². The molecule has 1 amide bonds. The Kier molecular flexibility index (Phi) is 4.23. The van der Waals surface area contributed by atoms with Crippen LogP contribution in [0.25, 0.3) is 0 Å². The predicted molar refractivity (Wildman–Crippen MR) is 62.5 cm³/mol. The predicted octanol–water partition coefficient (Wildman–Crippen LogP) is 1.80. The summed E-state index contributed by atoms with van der Waals surface area (Å²) in [4.78, 5) is 13.4. The number of furan rings is 1. The van der Waals surface area contributed by atoms with Crippen molar-refractivity contribution in [2.45, 2.75) is 11.5 Å².